The van der Waals surface area contributed by atoms with Crippen molar-refractivity contribution in [3.05, 3.63) is 58.9 Å². The van der Waals surface area contributed by atoms with Crippen LogP contribution in [0.5, 0.6) is 0 Å². The highest BCUT2D eigenvalue weighted by Crippen LogP contribution is 2.31. The van der Waals surface area contributed by atoms with Gasteiger partial charge in [0.05, 0.1) is 12.5 Å². The van der Waals surface area contributed by atoms with Crippen molar-refractivity contribution in [2.45, 2.75) is 25.3 Å². The summed E-state index contributed by atoms with van der Waals surface area (Å²) >= 11 is 0. The van der Waals surface area contributed by atoms with E-state index in [1.165, 1.54) is 5.56 Å². The minimum atomic E-state index is -0.122. The molecule has 22 heavy (non-hydrogen) atoms. The Morgan fingerprint density at radius 2 is 2.23 bits per heavy atom. The molecule has 4 rings (SSSR count). The van der Waals surface area contributed by atoms with Gasteiger partial charge >= 0.3 is 0 Å². The molecule has 2 amide bonds. The Balaban J connectivity index is 1.60. The molecule has 0 saturated heterocycles. The molecule has 1 aliphatic heterocycles. The maximum atomic E-state index is 12.6. The number of carbonyl (C=O) groups excluding carboxylic acids is 2. The molecule has 110 valence electrons. The first-order chi connectivity index (χ1) is 10.7. The molecule has 1 atom stereocenters. The molecule has 0 unspecified atom stereocenters. The Hall–Kier alpha value is -2.69. The third-order valence-corrected chi connectivity index (χ3v) is 4.36. The molecule has 5 heteroatoms. The van der Waals surface area contributed by atoms with E-state index >= 15 is 0 Å². The molecule has 0 bridgehead atoms. The van der Waals surface area contributed by atoms with Crippen LogP contribution in [0.25, 0.3) is 0 Å². The number of rotatable bonds is 2. The average molecular weight is 293 g/mol. The molecule has 2 N–H and O–H groups in total. The van der Waals surface area contributed by atoms with Crippen molar-refractivity contribution in [1.82, 2.24) is 10.3 Å². The zero-order valence-corrected chi connectivity index (χ0v) is 11.9. The van der Waals surface area contributed by atoms with Crippen molar-refractivity contribution in [2.75, 3.05) is 5.32 Å². The van der Waals surface area contributed by atoms with E-state index < -0.39 is 0 Å². The lowest BCUT2D eigenvalue weighted by Crippen LogP contribution is -2.28. The zero-order valence-electron chi connectivity index (χ0n) is 11.9. The summed E-state index contributed by atoms with van der Waals surface area (Å²) < 4.78 is 0. The van der Waals surface area contributed by atoms with E-state index in [2.05, 4.69) is 15.6 Å². The molecule has 1 aromatic carbocycles. The van der Waals surface area contributed by atoms with Crippen LogP contribution in [0.3, 0.4) is 0 Å². The fraction of sp³-hybridized carbons (Fsp3) is 0.235. The third kappa shape index (κ3) is 2.06. The minimum absolute atomic E-state index is 0.0198. The molecule has 5 nitrogen and oxygen atoms in total. The summed E-state index contributed by atoms with van der Waals surface area (Å²) in [5.74, 6) is -0.185. The summed E-state index contributed by atoms with van der Waals surface area (Å²) in [5, 5.41) is 5.86. The first kappa shape index (κ1) is 13.0. The molecule has 1 aliphatic carbocycles. The molecule has 2 heterocycles. The number of aryl methyl sites for hydroxylation is 1. The number of hydrogen-bond acceptors (Lipinski definition) is 3. The number of nitrogens with one attached hydrogen (secondary N) is 2. The maximum Gasteiger partial charge on any atom is 0.252 e. The van der Waals surface area contributed by atoms with Gasteiger partial charge in [0.25, 0.3) is 5.91 Å². The Labute approximate surface area is 127 Å². The number of fused-ring (bicyclic) bond motifs is 2. The smallest absolute Gasteiger partial charge is 0.252 e. The lowest BCUT2D eigenvalue weighted by Gasteiger charge is -2.15. The van der Waals surface area contributed by atoms with Crippen LogP contribution in [0.15, 0.2) is 36.7 Å². The van der Waals surface area contributed by atoms with E-state index in [0.717, 1.165) is 29.7 Å². The van der Waals surface area contributed by atoms with Gasteiger partial charge in [-0.3, -0.25) is 14.6 Å². The van der Waals surface area contributed by atoms with Gasteiger partial charge < -0.3 is 10.6 Å². The number of carbonyl (C=O) groups is 2. The number of benzene rings is 1. The first-order valence-electron chi connectivity index (χ1n) is 7.38. The zero-order chi connectivity index (χ0) is 15.1. The van der Waals surface area contributed by atoms with Crippen LogP contribution in [-0.4, -0.2) is 16.8 Å². The Morgan fingerprint density at radius 3 is 3.14 bits per heavy atom. The summed E-state index contributed by atoms with van der Waals surface area (Å²) in [7, 11) is 0. The number of nitrogens with zero attached hydrogens (tertiary/aromatic N) is 1. The van der Waals surface area contributed by atoms with Gasteiger partial charge in [0.15, 0.2) is 0 Å². The highest BCUT2D eigenvalue weighted by atomic mass is 16.2. The number of anilines is 1. The molecular weight excluding hydrogens is 278 g/mol. The van der Waals surface area contributed by atoms with Crippen molar-refractivity contribution < 1.29 is 9.59 Å². The highest BCUT2D eigenvalue weighted by molar-refractivity contribution is 6.05. The van der Waals surface area contributed by atoms with Crippen LogP contribution in [0, 0.1) is 0 Å². The van der Waals surface area contributed by atoms with Crippen LogP contribution in [0.4, 0.5) is 5.69 Å². The topological polar surface area (TPSA) is 71.1 Å². The number of pyridine rings is 1. The quantitative estimate of drug-likeness (QED) is 0.889. The molecule has 0 spiro atoms. The summed E-state index contributed by atoms with van der Waals surface area (Å²) in [4.78, 5) is 28.3. The van der Waals surface area contributed by atoms with Crippen molar-refractivity contribution in [3.8, 4) is 0 Å². The fourth-order valence-electron chi connectivity index (χ4n) is 3.29. The summed E-state index contributed by atoms with van der Waals surface area (Å²) in [6.45, 7) is 0. The first-order valence-corrected chi connectivity index (χ1v) is 7.38. The molecule has 0 fully saturated rings. The van der Waals surface area contributed by atoms with Gasteiger partial charge in [-0.1, -0.05) is 6.07 Å². The summed E-state index contributed by atoms with van der Waals surface area (Å²) in [6.07, 6.45) is 5.71. The number of amides is 2. The molecule has 0 radical (unpaired) electrons. The predicted molar refractivity (Wildman–Crippen MR) is 81.5 cm³/mol. The van der Waals surface area contributed by atoms with Crippen molar-refractivity contribution >= 4 is 17.5 Å². The Kier molecular flexibility index (Phi) is 2.92. The normalized spacial score (nSPS) is 18.5. The molecule has 0 saturated carbocycles. The Bertz CT molecular complexity index is 785. The second-order valence-corrected chi connectivity index (χ2v) is 5.70. The molecule has 2 aromatic rings. The van der Waals surface area contributed by atoms with Crippen LogP contribution in [0.2, 0.25) is 0 Å². The van der Waals surface area contributed by atoms with Gasteiger partial charge in [0.1, 0.15) is 0 Å². The van der Waals surface area contributed by atoms with Crippen molar-refractivity contribution in [3.63, 3.8) is 0 Å². The number of hydrogen-bond donors (Lipinski definition) is 2. The molecule has 2 aliphatic rings. The largest absolute Gasteiger partial charge is 0.345 e. The summed E-state index contributed by atoms with van der Waals surface area (Å²) in [6, 6.07) is 7.38. The standard InChI is InChI=1S/C17H15N3O2/c21-16-8-13-12(2-1-3-14(13)19-16)17(22)20-15-5-4-10-9-18-7-6-11(10)15/h1-3,6-7,9,15H,4-5,8H2,(H,19,21)(H,20,22)/t15-/m0/s1. The van der Waals surface area contributed by atoms with Crippen LogP contribution in [0.1, 0.15) is 39.5 Å². The average Bonchev–Trinajstić information content (AvgIpc) is 3.09. The minimum Gasteiger partial charge on any atom is -0.345 e. The maximum absolute atomic E-state index is 12.6. The third-order valence-electron chi connectivity index (χ3n) is 4.36. The van der Waals surface area contributed by atoms with Gasteiger partial charge in [0.2, 0.25) is 5.91 Å². The van der Waals surface area contributed by atoms with E-state index in [4.69, 9.17) is 0 Å². The van der Waals surface area contributed by atoms with E-state index in [1.54, 1.807) is 18.3 Å². The van der Waals surface area contributed by atoms with E-state index in [-0.39, 0.29) is 24.3 Å². The van der Waals surface area contributed by atoms with E-state index in [1.807, 2.05) is 18.3 Å². The highest BCUT2D eigenvalue weighted by Gasteiger charge is 2.27. The van der Waals surface area contributed by atoms with Crippen molar-refractivity contribution in [2.24, 2.45) is 0 Å². The van der Waals surface area contributed by atoms with Crippen molar-refractivity contribution in [1.29, 1.82) is 0 Å². The second kappa shape index (κ2) is 4.94. The predicted octanol–water partition coefficient (Wildman–Crippen LogP) is 1.99. The van der Waals surface area contributed by atoms with Crippen LogP contribution < -0.4 is 10.6 Å². The van der Waals surface area contributed by atoms with Gasteiger partial charge in [-0.15, -0.1) is 0 Å². The second-order valence-electron chi connectivity index (χ2n) is 5.70. The fourth-order valence-corrected chi connectivity index (χ4v) is 3.29. The monoisotopic (exact) mass is 293 g/mol. The lowest BCUT2D eigenvalue weighted by atomic mass is 10.0. The van der Waals surface area contributed by atoms with Gasteiger partial charge in [-0.2, -0.15) is 0 Å². The lowest BCUT2D eigenvalue weighted by molar-refractivity contribution is -0.115. The van der Waals surface area contributed by atoms with Crippen LogP contribution in [-0.2, 0) is 17.6 Å². The van der Waals surface area contributed by atoms with E-state index in [0.29, 0.717) is 5.56 Å². The van der Waals surface area contributed by atoms with E-state index in [9.17, 15) is 9.59 Å². The Morgan fingerprint density at radius 1 is 1.32 bits per heavy atom. The van der Waals surface area contributed by atoms with Gasteiger partial charge in [-0.05, 0) is 47.7 Å². The summed E-state index contributed by atoms with van der Waals surface area (Å²) in [5.41, 5.74) is 4.46. The van der Waals surface area contributed by atoms with Gasteiger partial charge in [-0.25, -0.2) is 0 Å². The SMILES string of the molecule is O=C1Cc2c(cccc2C(=O)N[C@H]2CCc3cnccc32)N1. The number of aromatic nitrogens is 1. The molecule has 1 aromatic heterocycles. The molecular formula is C17H15N3O2. The van der Waals surface area contributed by atoms with Crippen LogP contribution >= 0.6 is 0 Å². The van der Waals surface area contributed by atoms with Gasteiger partial charge in [0, 0.05) is 23.6 Å².